The van der Waals surface area contributed by atoms with Crippen LogP contribution in [0.4, 0.5) is 5.82 Å². The number of pyridine rings is 1. The lowest BCUT2D eigenvalue weighted by Crippen LogP contribution is -2.06. The van der Waals surface area contributed by atoms with E-state index >= 15 is 0 Å². The summed E-state index contributed by atoms with van der Waals surface area (Å²) in [4.78, 5) is 3.98. The highest BCUT2D eigenvalue weighted by Gasteiger charge is 2.19. The zero-order valence-electron chi connectivity index (χ0n) is 11.1. The maximum Gasteiger partial charge on any atom is 0.161 e. The lowest BCUT2D eigenvalue weighted by atomic mass is 10.0. The van der Waals surface area contributed by atoms with E-state index in [2.05, 4.69) is 20.9 Å². The zero-order chi connectivity index (χ0) is 14.7. The standard InChI is InChI=1S/C14H15BrN2O3/c1-19-11-6-9(10(15)7-12(11)20-2)13(18)8-4-3-5-17-14(8)16/h3-7,13,18H,1-2H3,(H2,16,17). The maximum absolute atomic E-state index is 10.5. The summed E-state index contributed by atoms with van der Waals surface area (Å²) in [5, 5.41) is 10.5. The average molecular weight is 339 g/mol. The second kappa shape index (κ2) is 6.11. The van der Waals surface area contributed by atoms with Crippen molar-refractivity contribution in [3.63, 3.8) is 0 Å². The third kappa shape index (κ3) is 2.71. The molecule has 20 heavy (non-hydrogen) atoms. The second-order valence-corrected chi connectivity index (χ2v) is 4.96. The van der Waals surface area contributed by atoms with Crippen molar-refractivity contribution in [2.75, 3.05) is 20.0 Å². The Morgan fingerprint density at radius 1 is 1.20 bits per heavy atom. The van der Waals surface area contributed by atoms with Crippen LogP contribution >= 0.6 is 15.9 Å². The molecular formula is C14H15BrN2O3. The molecule has 106 valence electrons. The number of halogens is 1. The quantitative estimate of drug-likeness (QED) is 0.895. The number of hydrogen-bond acceptors (Lipinski definition) is 5. The number of hydrogen-bond donors (Lipinski definition) is 2. The molecule has 3 N–H and O–H groups in total. The molecule has 0 saturated carbocycles. The zero-order valence-corrected chi connectivity index (χ0v) is 12.7. The number of nitrogens with two attached hydrogens (primary N) is 1. The first kappa shape index (κ1) is 14.6. The first-order chi connectivity index (χ1) is 9.58. The molecule has 0 aliphatic carbocycles. The Morgan fingerprint density at radius 3 is 2.45 bits per heavy atom. The fraction of sp³-hybridized carbons (Fsp3) is 0.214. The van der Waals surface area contributed by atoms with Gasteiger partial charge in [0, 0.05) is 21.8 Å². The van der Waals surface area contributed by atoms with E-state index in [-0.39, 0.29) is 0 Å². The molecule has 1 atom stereocenters. The fourth-order valence-corrected chi connectivity index (χ4v) is 2.45. The number of aromatic nitrogens is 1. The minimum Gasteiger partial charge on any atom is -0.493 e. The van der Waals surface area contributed by atoms with Gasteiger partial charge in [0.2, 0.25) is 0 Å². The minimum atomic E-state index is -0.905. The van der Waals surface area contributed by atoms with Crippen LogP contribution in [-0.4, -0.2) is 24.3 Å². The number of rotatable bonds is 4. The predicted molar refractivity (Wildman–Crippen MR) is 80.0 cm³/mol. The van der Waals surface area contributed by atoms with Gasteiger partial charge >= 0.3 is 0 Å². The van der Waals surface area contributed by atoms with E-state index in [0.717, 1.165) is 0 Å². The fourth-order valence-electron chi connectivity index (χ4n) is 1.91. The van der Waals surface area contributed by atoms with E-state index in [4.69, 9.17) is 15.2 Å². The first-order valence-corrected chi connectivity index (χ1v) is 6.67. The van der Waals surface area contributed by atoms with Crippen LogP contribution in [0.3, 0.4) is 0 Å². The van der Waals surface area contributed by atoms with Crippen molar-refractivity contribution in [3.8, 4) is 11.5 Å². The topological polar surface area (TPSA) is 77.6 Å². The Hall–Kier alpha value is -1.79. The van der Waals surface area contributed by atoms with E-state index in [1.54, 1.807) is 44.7 Å². The summed E-state index contributed by atoms with van der Waals surface area (Å²) in [6.07, 6.45) is 0.674. The Bertz CT molecular complexity index is 619. The molecule has 1 aromatic heterocycles. The van der Waals surface area contributed by atoms with Gasteiger partial charge in [-0.3, -0.25) is 0 Å². The summed E-state index contributed by atoms with van der Waals surface area (Å²) >= 11 is 3.42. The molecule has 2 rings (SSSR count). The van der Waals surface area contributed by atoms with Crippen LogP contribution in [-0.2, 0) is 0 Å². The Labute approximate surface area is 125 Å². The van der Waals surface area contributed by atoms with Gasteiger partial charge in [0.05, 0.1) is 14.2 Å². The first-order valence-electron chi connectivity index (χ1n) is 5.88. The smallest absolute Gasteiger partial charge is 0.161 e. The molecule has 1 aromatic carbocycles. The van der Waals surface area contributed by atoms with Crippen LogP contribution in [0.15, 0.2) is 34.9 Å². The predicted octanol–water partition coefficient (Wildman–Crippen LogP) is 2.53. The highest BCUT2D eigenvalue weighted by Crippen LogP contribution is 2.38. The van der Waals surface area contributed by atoms with Crippen molar-refractivity contribution in [1.82, 2.24) is 4.98 Å². The molecular weight excluding hydrogens is 324 g/mol. The van der Waals surface area contributed by atoms with Crippen molar-refractivity contribution in [2.24, 2.45) is 0 Å². The van der Waals surface area contributed by atoms with E-state index in [9.17, 15) is 5.11 Å². The highest BCUT2D eigenvalue weighted by atomic mass is 79.9. The molecule has 1 heterocycles. The van der Waals surface area contributed by atoms with Crippen molar-refractivity contribution in [3.05, 3.63) is 46.1 Å². The molecule has 0 aliphatic rings. The van der Waals surface area contributed by atoms with Gasteiger partial charge in [-0.2, -0.15) is 0 Å². The van der Waals surface area contributed by atoms with Gasteiger partial charge in [-0.1, -0.05) is 22.0 Å². The largest absolute Gasteiger partial charge is 0.493 e. The Balaban J connectivity index is 2.50. The maximum atomic E-state index is 10.5. The molecule has 5 nitrogen and oxygen atoms in total. The molecule has 1 unspecified atom stereocenters. The van der Waals surface area contributed by atoms with Crippen molar-refractivity contribution >= 4 is 21.7 Å². The van der Waals surface area contributed by atoms with Crippen LogP contribution < -0.4 is 15.2 Å². The van der Waals surface area contributed by atoms with Crippen LogP contribution in [0.2, 0.25) is 0 Å². The Morgan fingerprint density at radius 2 is 1.85 bits per heavy atom. The average Bonchev–Trinajstić information content (AvgIpc) is 2.46. The molecule has 0 fully saturated rings. The molecule has 6 heteroatoms. The van der Waals surface area contributed by atoms with Crippen LogP contribution in [0.5, 0.6) is 11.5 Å². The molecule has 0 saturated heterocycles. The summed E-state index contributed by atoms with van der Waals surface area (Å²) in [7, 11) is 3.10. The number of aliphatic hydroxyl groups is 1. The van der Waals surface area contributed by atoms with Crippen LogP contribution in [0, 0.1) is 0 Å². The molecule has 0 amide bonds. The molecule has 0 radical (unpaired) electrons. The lowest BCUT2D eigenvalue weighted by molar-refractivity contribution is 0.219. The van der Waals surface area contributed by atoms with Gasteiger partial charge in [-0.05, 0) is 18.2 Å². The SMILES string of the molecule is COc1cc(Br)c(C(O)c2cccnc2N)cc1OC. The normalized spacial score (nSPS) is 12.0. The van der Waals surface area contributed by atoms with Gasteiger partial charge in [0.1, 0.15) is 11.9 Å². The number of ether oxygens (including phenoxy) is 2. The minimum absolute atomic E-state index is 0.293. The van der Waals surface area contributed by atoms with Crippen molar-refractivity contribution in [2.45, 2.75) is 6.10 Å². The summed E-state index contributed by atoms with van der Waals surface area (Å²) in [6, 6.07) is 6.91. The van der Waals surface area contributed by atoms with E-state index in [1.165, 1.54) is 0 Å². The summed E-state index contributed by atoms with van der Waals surface area (Å²) < 4.78 is 11.2. The third-order valence-electron chi connectivity index (χ3n) is 2.96. The van der Waals surface area contributed by atoms with Crippen molar-refractivity contribution in [1.29, 1.82) is 0 Å². The van der Waals surface area contributed by atoms with Gasteiger partial charge in [0.25, 0.3) is 0 Å². The monoisotopic (exact) mass is 338 g/mol. The second-order valence-electron chi connectivity index (χ2n) is 4.11. The van der Waals surface area contributed by atoms with Gasteiger partial charge in [-0.15, -0.1) is 0 Å². The summed E-state index contributed by atoms with van der Waals surface area (Å²) in [5.74, 6) is 1.41. The van der Waals surface area contributed by atoms with Crippen molar-refractivity contribution < 1.29 is 14.6 Å². The van der Waals surface area contributed by atoms with E-state index in [1.807, 2.05) is 0 Å². The van der Waals surface area contributed by atoms with Crippen LogP contribution in [0.1, 0.15) is 17.2 Å². The van der Waals surface area contributed by atoms with E-state index in [0.29, 0.717) is 32.9 Å². The highest BCUT2D eigenvalue weighted by molar-refractivity contribution is 9.10. The number of benzene rings is 1. The van der Waals surface area contributed by atoms with Gasteiger partial charge < -0.3 is 20.3 Å². The lowest BCUT2D eigenvalue weighted by Gasteiger charge is -2.17. The number of nitrogen functional groups attached to an aromatic ring is 1. The molecule has 0 spiro atoms. The molecule has 2 aromatic rings. The number of methoxy groups -OCH3 is 2. The van der Waals surface area contributed by atoms with Gasteiger partial charge in [0.15, 0.2) is 11.5 Å². The molecule has 0 bridgehead atoms. The third-order valence-corrected chi connectivity index (χ3v) is 3.65. The van der Waals surface area contributed by atoms with Gasteiger partial charge in [-0.25, -0.2) is 4.98 Å². The van der Waals surface area contributed by atoms with Crippen LogP contribution in [0.25, 0.3) is 0 Å². The number of nitrogens with zero attached hydrogens (tertiary/aromatic N) is 1. The molecule has 0 aliphatic heterocycles. The summed E-state index contributed by atoms with van der Waals surface area (Å²) in [6.45, 7) is 0. The Kier molecular flexibility index (Phi) is 4.46. The van der Waals surface area contributed by atoms with E-state index < -0.39 is 6.10 Å². The summed E-state index contributed by atoms with van der Waals surface area (Å²) in [5.41, 5.74) is 6.96. The number of aliphatic hydroxyl groups excluding tert-OH is 1. The number of anilines is 1.